The van der Waals surface area contributed by atoms with Crippen molar-refractivity contribution in [2.24, 2.45) is 0 Å². The molecule has 0 N–H and O–H groups in total. The van der Waals surface area contributed by atoms with Crippen molar-refractivity contribution in [3.8, 4) is 0 Å². The van der Waals surface area contributed by atoms with Crippen LogP contribution in [0.2, 0.25) is 0 Å². The number of hydrogen-bond acceptors (Lipinski definition) is 3. The third-order valence-electron chi connectivity index (χ3n) is 4.84. The van der Waals surface area contributed by atoms with Crippen LogP contribution in [0.4, 0.5) is 11.5 Å². The van der Waals surface area contributed by atoms with Gasteiger partial charge in [0.25, 0.3) is 0 Å². The van der Waals surface area contributed by atoms with Gasteiger partial charge in [0.05, 0.1) is 0 Å². The predicted molar refractivity (Wildman–Crippen MR) is 97.2 cm³/mol. The van der Waals surface area contributed by atoms with Crippen molar-refractivity contribution in [3.05, 3.63) is 54.2 Å². The number of likely N-dealkylation sites (tertiary alicyclic amines) is 1. The molecule has 2 heterocycles. The van der Waals surface area contributed by atoms with Crippen molar-refractivity contribution in [2.75, 3.05) is 18.5 Å². The van der Waals surface area contributed by atoms with Crippen molar-refractivity contribution < 1.29 is 0 Å². The molecule has 2 aromatic rings. The lowest BCUT2D eigenvalue weighted by Crippen LogP contribution is -2.39. The monoisotopic (exact) mass is 309 g/mol. The lowest BCUT2D eigenvalue weighted by atomic mass is 9.94. The van der Waals surface area contributed by atoms with Crippen LogP contribution in [-0.4, -0.2) is 29.5 Å². The first-order chi connectivity index (χ1) is 11.2. The van der Waals surface area contributed by atoms with E-state index < -0.39 is 0 Å². The SMILES string of the molecule is CC(C)N1CCCCC1c1cccnc1N(C)c1ccccc1. The molecule has 3 heteroatoms. The van der Waals surface area contributed by atoms with E-state index >= 15 is 0 Å². The van der Waals surface area contributed by atoms with Gasteiger partial charge < -0.3 is 4.90 Å². The molecule has 1 fully saturated rings. The molecule has 0 radical (unpaired) electrons. The summed E-state index contributed by atoms with van der Waals surface area (Å²) in [5, 5.41) is 0. The maximum atomic E-state index is 4.72. The average Bonchev–Trinajstić information content (AvgIpc) is 2.62. The normalized spacial score (nSPS) is 19.0. The van der Waals surface area contributed by atoms with Crippen LogP contribution >= 0.6 is 0 Å². The molecule has 1 aromatic carbocycles. The predicted octanol–water partition coefficient (Wildman–Crippen LogP) is 4.78. The second-order valence-corrected chi connectivity index (χ2v) is 6.65. The van der Waals surface area contributed by atoms with Gasteiger partial charge in [0.2, 0.25) is 0 Å². The Morgan fingerprint density at radius 2 is 1.87 bits per heavy atom. The third-order valence-corrected chi connectivity index (χ3v) is 4.84. The number of anilines is 2. The van der Waals surface area contributed by atoms with Crippen molar-refractivity contribution in [3.63, 3.8) is 0 Å². The Hall–Kier alpha value is -1.87. The Morgan fingerprint density at radius 1 is 1.09 bits per heavy atom. The van der Waals surface area contributed by atoms with Crippen molar-refractivity contribution >= 4 is 11.5 Å². The van der Waals surface area contributed by atoms with E-state index in [4.69, 9.17) is 4.98 Å². The molecule has 1 aliphatic heterocycles. The van der Waals surface area contributed by atoms with E-state index in [1.165, 1.54) is 37.1 Å². The van der Waals surface area contributed by atoms with Crippen molar-refractivity contribution in [1.82, 2.24) is 9.88 Å². The molecule has 1 atom stereocenters. The van der Waals surface area contributed by atoms with E-state index in [0.29, 0.717) is 12.1 Å². The fourth-order valence-electron chi connectivity index (χ4n) is 3.63. The second-order valence-electron chi connectivity index (χ2n) is 6.65. The summed E-state index contributed by atoms with van der Waals surface area (Å²) in [4.78, 5) is 9.56. The Kier molecular flexibility index (Phi) is 4.97. The first kappa shape index (κ1) is 16.0. The van der Waals surface area contributed by atoms with E-state index in [9.17, 15) is 0 Å². The Balaban J connectivity index is 1.97. The van der Waals surface area contributed by atoms with Gasteiger partial charge in [-0.3, -0.25) is 4.90 Å². The Bertz CT molecular complexity index is 624. The second kappa shape index (κ2) is 7.14. The number of hydrogen-bond donors (Lipinski definition) is 0. The first-order valence-corrected chi connectivity index (χ1v) is 8.68. The van der Waals surface area contributed by atoms with E-state index in [1.807, 2.05) is 6.20 Å². The Morgan fingerprint density at radius 3 is 2.61 bits per heavy atom. The maximum Gasteiger partial charge on any atom is 0.137 e. The van der Waals surface area contributed by atoms with E-state index in [-0.39, 0.29) is 0 Å². The third kappa shape index (κ3) is 3.40. The van der Waals surface area contributed by atoms with Crippen LogP contribution in [0.3, 0.4) is 0 Å². The van der Waals surface area contributed by atoms with Crippen LogP contribution in [0.25, 0.3) is 0 Å². The number of para-hydroxylation sites is 1. The highest BCUT2D eigenvalue weighted by Gasteiger charge is 2.28. The van der Waals surface area contributed by atoms with E-state index in [2.05, 4.69) is 73.2 Å². The minimum atomic E-state index is 0.471. The molecule has 0 spiro atoms. The summed E-state index contributed by atoms with van der Waals surface area (Å²) in [6.07, 6.45) is 5.73. The number of nitrogens with zero attached hydrogens (tertiary/aromatic N) is 3. The van der Waals surface area contributed by atoms with Gasteiger partial charge >= 0.3 is 0 Å². The molecule has 1 saturated heterocycles. The number of rotatable bonds is 4. The van der Waals surface area contributed by atoms with Crippen LogP contribution in [0, 0.1) is 0 Å². The smallest absolute Gasteiger partial charge is 0.137 e. The summed E-state index contributed by atoms with van der Waals surface area (Å²) in [6, 6.07) is 15.9. The highest BCUT2D eigenvalue weighted by atomic mass is 15.2. The molecule has 23 heavy (non-hydrogen) atoms. The standard InChI is InChI=1S/C20H27N3/c1-16(2)23-15-8-7-13-19(23)18-12-9-14-21-20(18)22(3)17-10-5-4-6-11-17/h4-6,9-12,14,16,19H,7-8,13,15H2,1-3H3. The molecule has 1 unspecified atom stereocenters. The lowest BCUT2D eigenvalue weighted by molar-refractivity contribution is 0.112. The molecule has 0 aliphatic carbocycles. The van der Waals surface area contributed by atoms with Gasteiger partial charge in [-0.05, 0) is 51.4 Å². The van der Waals surface area contributed by atoms with Gasteiger partial charge in [0, 0.05) is 36.6 Å². The summed E-state index contributed by atoms with van der Waals surface area (Å²) < 4.78 is 0. The molecular formula is C20H27N3. The van der Waals surface area contributed by atoms with Gasteiger partial charge in [0.1, 0.15) is 5.82 Å². The molecule has 0 amide bonds. The lowest BCUT2D eigenvalue weighted by Gasteiger charge is -2.40. The number of piperidine rings is 1. The average molecular weight is 309 g/mol. The zero-order valence-electron chi connectivity index (χ0n) is 14.4. The summed E-state index contributed by atoms with van der Waals surface area (Å²) >= 11 is 0. The molecule has 0 saturated carbocycles. The maximum absolute atomic E-state index is 4.72. The van der Waals surface area contributed by atoms with Gasteiger partial charge in [-0.2, -0.15) is 0 Å². The molecule has 3 rings (SSSR count). The molecule has 1 aliphatic rings. The molecule has 0 bridgehead atoms. The Labute approximate surface area is 140 Å². The van der Waals surface area contributed by atoms with E-state index in [1.54, 1.807) is 0 Å². The highest BCUT2D eigenvalue weighted by molar-refractivity contribution is 5.62. The molecule has 1 aromatic heterocycles. The van der Waals surface area contributed by atoms with Crippen molar-refractivity contribution in [2.45, 2.75) is 45.2 Å². The largest absolute Gasteiger partial charge is 0.329 e. The van der Waals surface area contributed by atoms with Gasteiger partial charge in [0.15, 0.2) is 0 Å². The van der Waals surface area contributed by atoms with Crippen LogP contribution in [0.5, 0.6) is 0 Å². The molecule has 3 nitrogen and oxygen atoms in total. The van der Waals surface area contributed by atoms with Gasteiger partial charge in [-0.15, -0.1) is 0 Å². The quantitative estimate of drug-likeness (QED) is 0.810. The van der Waals surface area contributed by atoms with Crippen LogP contribution in [0.15, 0.2) is 48.7 Å². The topological polar surface area (TPSA) is 19.4 Å². The van der Waals surface area contributed by atoms with Crippen LogP contribution in [-0.2, 0) is 0 Å². The minimum Gasteiger partial charge on any atom is -0.329 e. The first-order valence-electron chi connectivity index (χ1n) is 8.68. The van der Waals surface area contributed by atoms with Gasteiger partial charge in [-0.1, -0.05) is 30.7 Å². The van der Waals surface area contributed by atoms with Crippen molar-refractivity contribution in [1.29, 1.82) is 0 Å². The number of aromatic nitrogens is 1. The van der Waals surface area contributed by atoms with Gasteiger partial charge in [-0.25, -0.2) is 4.98 Å². The van der Waals surface area contributed by atoms with Crippen LogP contribution < -0.4 is 4.90 Å². The molecule has 122 valence electrons. The molecular weight excluding hydrogens is 282 g/mol. The highest BCUT2D eigenvalue weighted by Crippen LogP contribution is 2.37. The van der Waals surface area contributed by atoms with Crippen LogP contribution in [0.1, 0.15) is 44.7 Å². The summed E-state index contributed by atoms with van der Waals surface area (Å²) in [5.41, 5.74) is 2.53. The fraction of sp³-hybridized carbons (Fsp3) is 0.450. The zero-order chi connectivity index (χ0) is 16.2. The summed E-state index contributed by atoms with van der Waals surface area (Å²) in [5.74, 6) is 1.08. The minimum absolute atomic E-state index is 0.471. The number of benzene rings is 1. The summed E-state index contributed by atoms with van der Waals surface area (Å²) in [6.45, 7) is 5.79. The van der Waals surface area contributed by atoms with E-state index in [0.717, 1.165) is 5.82 Å². The fourth-order valence-corrected chi connectivity index (χ4v) is 3.63. The summed E-state index contributed by atoms with van der Waals surface area (Å²) in [7, 11) is 2.11. The number of pyridine rings is 1. The zero-order valence-corrected chi connectivity index (χ0v) is 14.4.